The van der Waals surface area contributed by atoms with E-state index in [-0.39, 0.29) is 23.9 Å². The number of nitrogens with one attached hydrogen (secondary N) is 4. The van der Waals surface area contributed by atoms with Gasteiger partial charge in [-0.2, -0.15) is 0 Å². The number of nitrogens with zero attached hydrogens (tertiary/aromatic N) is 1. The number of halogens is 1. The fourth-order valence-electron chi connectivity index (χ4n) is 2.06. The van der Waals surface area contributed by atoms with Gasteiger partial charge in [-0.3, -0.25) is 14.6 Å². The van der Waals surface area contributed by atoms with E-state index in [0.717, 1.165) is 5.69 Å². The molecule has 0 radical (unpaired) electrons. The number of anilines is 1. The standard InChI is InChI=1S/C18H28ClN5O2/c1-18(2,3)24-16(26)12-22-17(20-4)21-11-5-6-15(25)23-14-9-7-13(19)8-10-14/h7-10H,5-6,11-12H2,1-4H3,(H,23,25)(H,24,26)(H2,20,21,22). The molecule has 1 aromatic carbocycles. The van der Waals surface area contributed by atoms with Crippen molar-refractivity contribution in [2.75, 3.05) is 25.5 Å². The Morgan fingerprint density at radius 3 is 2.31 bits per heavy atom. The van der Waals surface area contributed by atoms with E-state index in [9.17, 15) is 9.59 Å². The first-order valence-electron chi connectivity index (χ1n) is 8.50. The topological polar surface area (TPSA) is 94.6 Å². The van der Waals surface area contributed by atoms with Crippen LogP contribution in [0.5, 0.6) is 0 Å². The van der Waals surface area contributed by atoms with Crippen molar-refractivity contribution in [3.05, 3.63) is 29.3 Å². The molecule has 26 heavy (non-hydrogen) atoms. The summed E-state index contributed by atoms with van der Waals surface area (Å²) in [5, 5.41) is 12.3. The third-order valence-electron chi connectivity index (χ3n) is 3.16. The average Bonchev–Trinajstić information content (AvgIpc) is 2.54. The third-order valence-corrected chi connectivity index (χ3v) is 3.41. The minimum absolute atomic E-state index is 0.0679. The number of carbonyl (C=O) groups excluding carboxylic acids is 2. The van der Waals surface area contributed by atoms with Crippen LogP contribution < -0.4 is 21.3 Å². The summed E-state index contributed by atoms with van der Waals surface area (Å²) in [6.07, 6.45) is 1.01. The van der Waals surface area contributed by atoms with E-state index in [2.05, 4.69) is 26.3 Å². The highest BCUT2D eigenvalue weighted by atomic mass is 35.5. The molecule has 144 valence electrons. The molecule has 1 rings (SSSR count). The number of hydrogen-bond acceptors (Lipinski definition) is 3. The molecule has 0 aliphatic rings. The Morgan fingerprint density at radius 1 is 1.08 bits per heavy atom. The van der Waals surface area contributed by atoms with Gasteiger partial charge in [-0.25, -0.2) is 0 Å². The van der Waals surface area contributed by atoms with Crippen molar-refractivity contribution in [3.63, 3.8) is 0 Å². The molecule has 0 saturated heterocycles. The van der Waals surface area contributed by atoms with Crippen LogP contribution in [0.15, 0.2) is 29.3 Å². The quantitative estimate of drug-likeness (QED) is 0.330. The number of hydrogen-bond donors (Lipinski definition) is 4. The van der Waals surface area contributed by atoms with Crippen molar-refractivity contribution in [2.24, 2.45) is 4.99 Å². The molecule has 0 unspecified atom stereocenters. The number of aliphatic imine (C=N–C) groups is 1. The number of benzene rings is 1. The monoisotopic (exact) mass is 381 g/mol. The average molecular weight is 382 g/mol. The Balaban J connectivity index is 2.23. The van der Waals surface area contributed by atoms with Crippen molar-refractivity contribution in [2.45, 2.75) is 39.2 Å². The summed E-state index contributed by atoms with van der Waals surface area (Å²) >= 11 is 5.81. The van der Waals surface area contributed by atoms with Crippen LogP contribution in [0.2, 0.25) is 5.02 Å². The molecule has 2 amide bonds. The van der Waals surface area contributed by atoms with Gasteiger partial charge < -0.3 is 21.3 Å². The van der Waals surface area contributed by atoms with E-state index >= 15 is 0 Å². The van der Waals surface area contributed by atoms with Crippen LogP contribution in [0.1, 0.15) is 33.6 Å². The van der Waals surface area contributed by atoms with E-state index in [0.29, 0.717) is 30.4 Å². The second-order valence-corrected chi connectivity index (χ2v) is 7.25. The van der Waals surface area contributed by atoms with Gasteiger partial charge in [-0.15, -0.1) is 0 Å². The number of carbonyl (C=O) groups is 2. The molecule has 0 aliphatic heterocycles. The number of amides is 2. The summed E-state index contributed by atoms with van der Waals surface area (Å²) in [5.74, 6) is 0.344. The Bertz CT molecular complexity index is 623. The fourth-order valence-corrected chi connectivity index (χ4v) is 2.19. The maximum absolute atomic E-state index is 11.9. The fraction of sp³-hybridized carbons (Fsp3) is 0.500. The van der Waals surface area contributed by atoms with Crippen LogP contribution in [-0.4, -0.2) is 43.5 Å². The van der Waals surface area contributed by atoms with Crippen molar-refractivity contribution < 1.29 is 9.59 Å². The Labute approximate surface area is 160 Å². The van der Waals surface area contributed by atoms with Gasteiger partial charge >= 0.3 is 0 Å². The lowest BCUT2D eigenvalue weighted by molar-refractivity contribution is -0.121. The first kappa shape index (κ1) is 21.8. The molecule has 4 N–H and O–H groups in total. The lowest BCUT2D eigenvalue weighted by Crippen LogP contribution is -2.48. The lowest BCUT2D eigenvalue weighted by Gasteiger charge is -2.21. The predicted molar refractivity (Wildman–Crippen MR) is 107 cm³/mol. The van der Waals surface area contributed by atoms with E-state index in [1.165, 1.54) is 0 Å². The van der Waals surface area contributed by atoms with E-state index in [4.69, 9.17) is 11.6 Å². The first-order chi connectivity index (χ1) is 12.2. The summed E-state index contributed by atoms with van der Waals surface area (Å²) in [5.41, 5.74) is 0.447. The van der Waals surface area contributed by atoms with Gasteiger partial charge in [0.05, 0.1) is 6.54 Å². The van der Waals surface area contributed by atoms with Crippen molar-refractivity contribution in [1.29, 1.82) is 0 Å². The Hall–Kier alpha value is -2.28. The van der Waals surface area contributed by atoms with Gasteiger partial charge in [-0.1, -0.05) is 11.6 Å². The zero-order chi connectivity index (χ0) is 19.6. The molecule has 0 aromatic heterocycles. The van der Waals surface area contributed by atoms with Gasteiger partial charge in [0.2, 0.25) is 11.8 Å². The van der Waals surface area contributed by atoms with E-state index in [1.807, 2.05) is 20.8 Å². The SMILES string of the molecule is CN=C(NCCCC(=O)Nc1ccc(Cl)cc1)NCC(=O)NC(C)(C)C. The predicted octanol–water partition coefficient (Wildman–Crippen LogP) is 2.14. The lowest BCUT2D eigenvalue weighted by atomic mass is 10.1. The molecule has 0 fully saturated rings. The maximum atomic E-state index is 11.9. The first-order valence-corrected chi connectivity index (χ1v) is 8.88. The maximum Gasteiger partial charge on any atom is 0.239 e. The molecule has 0 heterocycles. The third kappa shape index (κ3) is 9.88. The zero-order valence-electron chi connectivity index (χ0n) is 15.8. The van der Waals surface area contributed by atoms with Crippen LogP contribution in [0.4, 0.5) is 5.69 Å². The van der Waals surface area contributed by atoms with Crippen molar-refractivity contribution in [1.82, 2.24) is 16.0 Å². The summed E-state index contributed by atoms with van der Waals surface area (Å²) in [4.78, 5) is 27.7. The van der Waals surface area contributed by atoms with Crippen molar-refractivity contribution >= 4 is 35.1 Å². The molecule has 0 spiro atoms. The zero-order valence-corrected chi connectivity index (χ0v) is 16.5. The molecule has 0 bridgehead atoms. The van der Waals surface area contributed by atoms with Crippen LogP contribution in [0.3, 0.4) is 0 Å². The highest BCUT2D eigenvalue weighted by molar-refractivity contribution is 6.30. The smallest absolute Gasteiger partial charge is 0.239 e. The summed E-state index contributed by atoms with van der Waals surface area (Å²) in [6.45, 7) is 6.47. The van der Waals surface area contributed by atoms with Gasteiger partial charge in [-0.05, 0) is 51.5 Å². The van der Waals surface area contributed by atoms with Gasteiger partial charge in [0.1, 0.15) is 0 Å². The van der Waals surface area contributed by atoms with Crippen LogP contribution in [0.25, 0.3) is 0 Å². The molecule has 7 nitrogen and oxygen atoms in total. The van der Waals surface area contributed by atoms with Gasteiger partial charge in [0, 0.05) is 36.3 Å². The molecule has 1 aromatic rings. The highest BCUT2D eigenvalue weighted by Gasteiger charge is 2.13. The molecular formula is C18H28ClN5O2. The molecule has 0 atom stereocenters. The number of guanidine groups is 1. The van der Waals surface area contributed by atoms with Crippen LogP contribution in [0, 0.1) is 0 Å². The second-order valence-electron chi connectivity index (χ2n) is 6.81. The number of rotatable bonds is 7. The molecule has 0 saturated carbocycles. The molecular weight excluding hydrogens is 354 g/mol. The van der Waals surface area contributed by atoms with Crippen molar-refractivity contribution in [3.8, 4) is 0 Å². The highest BCUT2D eigenvalue weighted by Crippen LogP contribution is 2.13. The Kier molecular flexibility index (Phi) is 8.92. The minimum Gasteiger partial charge on any atom is -0.356 e. The van der Waals surface area contributed by atoms with E-state index < -0.39 is 0 Å². The summed E-state index contributed by atoms with van der Waals surface area (Å²) < 4.78 is 0. The summed E-state index contributed by atoms with van der Waals surface area (Å²) in [6, 6.07) is 6.97. The summed E-state index contributed by atoms with van der Waals surface area (Å²) in [7, 11) is 1.63. The minimum atomic E-state index is -0.271. The normalized spacial score (nSPS) is 11.7. The van der Waals surface area contributed by atoms with Gasteiger partial charge in [0.25, 0.3) is 0 Å². The van der Waals surface area contributed by atoms with Crippen LogP contribution in [-0.2, 0) is 9.59 Å². The molecule has 8 heteroatoms. The van der Waals surface area contributed by atoms with E-state index in [1.54, 1.807) is 31.3 Å². The molecule has 0 aliphatic carbocycles. The van der Waals surface area contributed by atoms with Gasteiger partial charge in [0.15, 0.2) is 5.96 Å². The van der Waals surface area contributed by atoms with Crippen LogP contribution >= 0.6 is 11.6 Å². The Morgan fingerprint density at radius 2 is 1.73 bits per heavy atom. The second kappa shape index (κ2) is 10.7. The largest absolute Gasteiger partial charge is 0.356 e.